The van der Waals surface area contributed by atoms with E-state index in [-0.39, 0.29) is 18.9 Å². The van der Waals surface area contributed by atoms with Crippen molar-refractivity contribution in [2.45, 2.75) is 355 Å². The van der Waals surface area contributed by atoms with Crippen LogP contribution in [0.25, 0.3) is 0 Å². The van der Waals surface area contributed by atoms with Gasteiger partial charge in [0.2, 0.25) is 11.8 Å². The molecule has 23 nitrogen and oxygen atoms in total. The molecule has 3 fully saturated rings. The number of carbonyl (C=O) groups excluding carboxylic acids is 2. The first-order valence-electron chi connectivity index (χ1n) is 34.7. The number of hydrogen-bond donors (Lipinski definition) is 14. The van der Waals surface area contributed by atoms with Gasteiger partial charge in [-0.2, -0.15) is 0 Å². The van der Waals surface area contributed by atoms with E-state index in [1.54, 1.807) is 0 Å². The van der Waals surface area contributed by atoms with E-state index in [1.165, 1.54) is 128 Å². The van der Waals surface area contributed by atoms with E-state index < -0.39 is 148 Å². The Kier molecular flexibility index (Phi) is 43.4. The molecule has 0 aromatic heterocycles. The second kappa shape index (κ2) is 48.0. The van der Waals surface area contributed by atoms with Gasteiger partial charge in [0.25, 0.3) is 5.79 Å². The van der Waals surface area contributed by atoms with E-state index in [0.717, 1.165) is 71.1 Å². The average molecular weight is 1290 g/mol. The molecule has 0 aliphatic carbocycles. The summed E-state index contributed by atoms with van der Waals surface area (Å²) in [7, 11) is 0. The highest BCUT2D eigenvalue weighted by atomic mass is 16.8. The van der Waals surface area contributed by atoms with Crippen molar-refractivity contribution in [3.8, 4) is 0 Å². The highest BCUT2D eigenvalue weighted by molar-refractivity contribution is 5.77. The molecule has 3 saturated heterocycles. The molecule has 0 aromatic rings. The number of unbranched alkanes of at least 4 members (excludes halogenated alkanes) is 29. The zero-order valence-corrected chi connectivity index (χ0v) is 54.7. The van der Waals surface area contributed by atoms with Crippen LogP contribution in [0.2, 0.25) is 0 Å². The number of carboxylic acid groups (broad SMARTS) is 1. The van der Waals surface area contributed by atoms with Crippen LogP contribution in [0.15, 0.2) is 24.3 Å². The van der Waals surface area contributed by atoms with E-state index in [0.29, 0.717) is 19.3 Å². The van der Waals surface area contributed by atoms with Gasteiger partial charge in [-0.3, -0.25) is 9.59 Å². The normalized spacial score (nSPS) is 28.7. The van der Waals surface area contributed by atoms with Crippen molar-refractivity contribution in [1.82, 2.24) is 10.6 Å². The second-order valence-corrected chi connectivity index (χ2v) is 25.4. The fourth-order valence-corrected chi connectivity index (χ4v) is 12.1. The average Bonchev–Trinajstić information content (AvgIpc) is 1.10. The van der Waals surface area contributed by atoms with Gasteiger partial charge in [0.05, 0.1) is 50.7 Å². The van der Waals surface area contributed by atoms with Crippen molar-refractivity contribution in [2.75, 3.05) is 26.4 Å². The standard InChI is InChI=1S/C67H122N2O21/c1-4-6-8-10-12-14-16-18-20-22-23-25-27-29-31-33-35-37-39-41-54(77)69-48(49(74)40-38-36-34-32-30-28-26-24-21-19-17-15-13-11-9-7-5-2)46-85-64-59(81)58(80)61(53(45-72)87-64)88-65-60(82)63(57(79)52(44-71)86-65)90-67(66(83)84)42-50(75)55(68-47(3)73)62(89-67)56(78)51(76)43-70/h12,14,16,18,48-53,55-65,70-72,74-76,78-82H,4-11,13,15,17,19-46H2,1-3H3,(H,68,73)(H,69,77)(H,83,84)/b14-12-,18-16-. The maximum absolute atomic E-state index is 13.5. The predicted molar refractivity (Wildman–Crippen MR) is 338 cm³/mol. The number of rotatable bonds is 52. The lowest BCUT2D eigenvalue weighted by Gasteiger charge is -2.50. The predicted octanol–water partition coefficient (Wildman–Crippen LogP) is 6.06. The molecule has 0 radical (unpaired) electrons. The molecule has 18 atom stereocenters. The summed E-state index contributed by atoms with van der Waals surface area (Å²) in [5.41, 5.74) is 0. The summed E-state index contributed by atoms with van der Waals surface area (Å²) < 4.78 is 34.9. The molecule has 3 rings (SSSR count). The highest BCUT2D eigenvalue weighted by Gasteiger charge is 2.60. The van der Waals surface area contributed by atoms with E-state index in [4.69, 9.17) is 28.4 Å². The molecule has 0 spiro atoms. The topological polar surface area (TPSA) is 373 Å². The molecule has 23 heteroatoms. The molecule has 0 aromatic carbocycles. The molecule has 0 bridgehead atoms. The highest BCUT2D eigenvalue weighted by Crippen LogP contribution is 2.39. The van der Waals surface area contributed by atoms with Crippen LogP contribution in [0.5, 0.6) is 0 Å². The van der Waals surface area contributed by atoms with Gasteiger partial charge < -0.3 is 100 Å². The second-order valence-electron chi connectivity index (χ2n) is 25.4. The van der Waals surface area contributed by atoms with Crippen LogP contribution in [0.3, 0.4) is 0 Å². The first kappa shape index (κ1) is 81.4. The Morgan fingerprint density at radius 3 is 1.56 bits per heavy atom. The fraction of sp³-hybridized carbons (Fsp3) is 0.896. The van der Waals surface area contributed by atoms with Gasteiger partial charge in [0.1, 0.15) is 67.1 Å². The third kappa shape index (κ3) is 30.3. The van der Waals surface area contributed by atoms with Crippen LogP contribution in [0.4, 0.5) is 0 Å². The largest absolute Gasteiger partial charge is 0.477 e. The summed E-state index contributed by atoms with van der Waals surface area (Å²) >= 11 is 0. The number of aliphatic carboxylic acids is 1. The quantitative estimate of drug-likeness (QED) is 0.0243. The van der Waals surface area contributed by atoms with Crippen molar-refractivity contribution in [2.24, 2.45) is 0 Å². The Morgan fingerprint density at radius 2 is 1.06 bits per heavy atom. The Morgan fingerprint density at radius 1 is 0.578 bits per heavy atom. The summed E-state index contributed by atoms with van der Waals surface area (Å²) in [6.07, 6.45) is 17.4. The minimum atomic E-state index is -3.08. The molecular formula is C67H122N2O21. The summed E-state index contributed by atoms with van der Waals surface area (Å²) in [6.45, 7) is 2.18. The maximum Gasteiger partial charge on any atom is 0.364 e. The van der Waals surface area contributed by atoms with E-state index in [1.807, 2.05) is 0 Å². The smallest absolute Gasteiger partial charge is 0.364 e. The minimum Gasteiger partial charge on any atom is -0.477 e. The maximum atomic E-state index is 13.5. The first-order valence-corrected chi connectivity index (χ1v) is 34.7. The number of amides is 2. The Labute approximate surface area is 536 Å². The van der Waals surface area contributed by atoms with E-state index >= 15 is 0 Å². The molecule has 3 heterocycles. The Bertz CT molecular complexity index is 1920. The van der Waals surface area contributed by atoms with Crippen molar-refractivity contribution in [3.63, 3.8) is 0 Å². The first-order chi connectivity index (χ1) is 43.4. The summed E-state index contributed by atoms with van der Waals surface area (Å²) in [4.78, 5) is 38.6. The van der Waals surface area contributed by atoms with Gasteiger partial charge in [0, 0.05) is 19.8 Å². The number of aliphatic hydroxyl groups excluding tert-OH is 11. The zero-order chi connectivity index (χ0) is 66.1. The van der Waals surface area contributed by atoms with E-state index in [2.05, 4.69) is 48.8 Å². The summed E-state index contributed by atoms with van der Waals surface area (Å²) in [5.74, 6) is -6.10. The number of carbonyl (C=O) groups is 3. The van der Waals surface area contributed by atoms with Gasteiger partial charge in [-0.05, 0) is 38.5 Å². The number of allylic oxidation sites excluding steroid dienone is 4. The lowest BCUT2D eigenvalue weighted by molar-refractivity contribution is -0.386. The summed E-state index contributed by atoms with van der Waals surface area (Å²) in [6, 6.07) is -2.53. The molecule has 3 aliphatic heterocycles. The number of aliphatic hydroxyl groups is 11. The van der Waals surface area contributed by atoms with E-state index in [9.17, 15) is 75.7 Å². The Balaban J connectivity index is 1.60. The number of ether oxygens (including phenoxy) is 6. The van der Waals surface area contributed by atoms with Crippen LogP contribution in [0.1, 0.15) is 245 Å². The molecule has 0 saturated carbocycles. The van der Waals surface area contributed by atoms with Gasteiger partial charge in [0.15, 0.2) is 12.6 Å². The van der Waals surface area contributed by atoms with Crippen LogP contribution in [-0.4, -0.2) is 215 Å². The third-order valence-electron chi connectivity index (χ3n) is 17.7. The van der Waals surface area contributed by atoms with Gasteiger partial charge in [-0.25, -0.2) is 4.79 Å². The van der Waals surface area contributed by atoms with Crippen molar-refractivity contribution in [3.05, 3.63) is 24.3 Å². The fourth-order valence-electron chi connectivity index (χ4n) is 12.1. The lowest BCUT2D eigenvalue weighted by atomic mass is 9.88. The SMILES string of the molecule is CCCCC/C=C\C=C/CCCCCCCCCCCCC(=O)NC(COC1OC(CO)C(OC2OC(CO)C(O)C(OC3(C(=O)O)CC(O)C(NC(C)=O)C(C(O)C(O)CO)O3)C2O)C(O)C1O)C(O)CCCCCCCCCCCCCCCCCCC. The van der Waals surface area contributed by atoms with Crippen LogP contribution < -0.4 is 10.6 Å². The molecule has 14 N–H and O–H groups in total. The third-order valence-corrected chi connectivity index (χ3v) is 17.7. The zero-order valence-electron chi connectivity index (χ0n) is 54.7. The monoisotopic (exact) mass is 1290 g/mol. The minimum absolute atomic E-state index is 0.219. The van der Waals surface area contributed by atoms with Gasteiger partial charge in [-0.15, -0.1) is 0 Å². The molecule has 526 valence electrons. The molecule has 3 aliphatic rings. The molecule has 2 amide bonds. The van der Waals surface area contributed by atoms with Crippen molar-refractivity contribution >= 4 is 17.8 Å². The van der Waals surface area contributed by atoms with Crippen LogP contribution >= 0.6 is 0 Å². The van der Waals surface area contributed by atoms with Crippen molar-refractivity contribution < 1.29 is 104 Å². The van der Waals surface area contributed by atoms with Crippen LogP contribution in [0, 0.1) is 0 Å². The van der Waals surface area contributed by atoms with Gasteiger partial charge >= 0.3 is 5.97 Å². The molecular weight excluding hydrogens is 1170 g/mol. The number of carboxylic acids is 1. The Hall–Kier alpha value is -2.79. The van der Waals surface area contributed by atoms with Gasteiger partial charge in [-0.1, -0.05) is 212 Å². The summed E-state index contributed by atoms with van der Waals surface area (Å²) in [5, 5.41) is 136. The molecule has 90 heavy (non-hydrogen) atoms. The number of nitrogens with one attached hydrogen (secondary N) is 2. The lowest BCUT2D eigenvalue weighted by Crippen LogP contribution is -2.70. The number of hydrogen-bond acceptors (Lipinski definition) is 20. The van der Waals surface area contributed by atoms with Crippen molar-refractivity contribution in [1.29, 1.82) is 0 Å². The van der Waals surface area contributed by atoms with Crippen LogP contribution in [-0.2, 0) is 42.8 Å². The molecule has 18 unspecified atom stereocenters.